The van der Waals surface area contributed by atoms with Crippen molar-refractivity contribution in [3.63, 3.8) is 0 Å². The van der Waals surface area contributed by atoms with Crippen LogP contribution in [-0.4, -0.2) is 31.2 Å². The lowest BCUT2D eigenvalue weighted by Crippen LogP contribution is -2.43. The van der Waals surface area contributed by atoms with Crippen LogP contribution in [0.1, 0.15) is 11.4 Å². The summed E-state index contributed by atoms with van der Waals surface area (Å²) in [5.74, 6) is 0.886. The van der Waals surface area contributed by atoms with Gasteiger partial charge in [0.25, 0.3) is 0 Å². The highest BCUT2D eigenvalue weighted by atomic mass is 16.5. The molecule has 1 aliphatic heterocycles. The summed E-state index contributed by atoms with van der Waals surface area (Å²) in [6.45, 7) is 6.73. The fraction of sp³-hybridized carbons (Fsp3) is 0.353. The average Bonchev–Trinajstić information content (AvgIpc) is 2.54. The van der Waals surface area contributed by atoms with Gasteiger partial charge in [0.2, 0.25) is 0 Å². The van der Waals surface area contributed by atoms with Gasteiger partial charge in [-0.05, 0) is 43.3 Å². The van der Waals surface area contributed by atoms with Gasteiger partial charge in [0.15, 0.2) is 0 Å². The smallest absolute Gasteiger partial charge is 0.130 e. The number of ether oxygens (including phenoxy) is 1. The molecule has 1 aliphatic rings. The van der Waals surface area contributed by atoms with Gasteiger partial charge in [-0.2, -0.15) is 0 Å². The number of rotatable bonds is 4. The normalized spacial score (nSPS) is 15.0. The van der Waals surface area contributed by atoms with E-state index in [2.05, 4.69) is 27.3 Å². The molecule has 0 spiro atoms. The molecule has 2 heterocycles. The van der Waals surface area contributed by atoms with Crippen LogP contribution in [0.5, 0.6) is 5.75 Å². The quantitative estimate of drug-likeness (QED) is 0.935. The molecule has 2 aromatic rings. The molecule has 1 fully saturated rings. The standard InChI is InChI=1S/C17H21N3O/c1-14-3-2-4-15(19-14)13-21-17-7-5-16(6-8-17)20-11-9-18-10-12-20/h2-8,18H,9-13H2,1H3. The number of anilines is 1. The van der Waals surface area contributed by atoms with Crippen LogP contribution in [0, 0.1) is 6.92 Å². The van der Waals surface area contributed by atoms with Gasteiger partial charge in [0.1, 0.15) is 12.4 Å². The van der Waals surface area contributed by atoms with E-state index in [0.29, 0.717) is 6.61 Å². The minimum atomic E-state index is 0.509. The molecule has 0 atom stereocenters. The lowest BCUT2D eigenvalue weighted by atomic mass is 10.2. The highest BCUT2D eigenvalue weighted by Crippen LogP contribution is 2.20. The molecule has 110 valence electrons. The van der Waals surface area contributed by atoms with Gasteiger partial charge in [-0.25, -0.2) is 0 Å². The number of nitrogens with zero attached hydrogens (tertiary/aromatic N) is 2. The van der Waals surface area contributed by atoms with Crippen molar-refractivity contribution in [2.24, 2.45) is 0 Å². The summed E-state index contributed by atoms with van der Waals surface area (Å²) in [6.07, 6.45) is 0. The highest BCUT2D eigenvalue weighted by molar-refractivity contribution is 5.49. The Morgan fingerprint density at radius 3 is 2.57 bits per heavy atom. The molecule has 0 radical (unpaired) electrons. The zero-order valence-electron chi connectivity index (χ0n) is 12.4. The van der Waals surface area contributed by atoms with Crippen molar-refractivity contribution in [3.05, 3.63) is 53.9 Å². The Hall–Kier alpha value is -2.07. The number of aromatic nitrogens is 1. The Morgan fingerprint density at radius 1 is 1.10 bits per heavy atom. The monoisotopic (exact) mass is 283 g/mol. The molecule has 3 rings (SSSR count). The summed E-state index contributed by atoms with van der Waals surface area (Å²) >= 11 is 0. The van der Waals surface area contributed by atoms with Crippen LogP contribution >= 0.6 is 0 Å². The van der Waals surface area contributed by atoms with Crippen molar-refractivity contribution in [2.75, 3.05) is 31.1 Å². The van der Waals surface area contributed by atoms with E-state index >= 15 is 0 Å². The minimum absolute atomic E-state index is 0.509. The van der Waals surface area contributed by atoms with E-state index in [1.807, 2.05) is 37.3 Å². The van der Waals surface area contributed by atoms with Crippen molar-refractivity contribution >= 4 is 5.69 Å². The molecule has 1 aromatic heterocycles. The maximum absolute atomic E-state index is 5.80. The van der Waals surface area contributed by atoms with Gasteiger partial charge in [0, 0.05) is 37.6 Å². The van der Waals surface area contributed by atoms with Crippen LogP contribution in [0.3, 0.4) is 0 Å². The van der Waals surface area contributed by atoms with Gasteiger partial charge in [-0.15, -0.1) is 0 Å². The number of piperazine rings is 1. The predicted octanol–water partition coefficient (Wildman–Crippen LogP) is 2.38. The van der Waals surface area contributed by atoms with E-state index in [9.17, 15) is 0 Å². The van der Waals surface area contributed by atoms with Gasteiger partial charge in [-0.1, -0.05) is 6.07 Å². The van der Waals surface area contributed by atoms with Crippen molar-refractivity contribution < 1.29 is 4.74 Å². The van der Waals surface area contributed by atoms with Gasteiger partial charge in [-0.3, -0.25) is 4.98 Å². The molecule has 0 saturated carbocycles. The lowest BCUT2D eigenvalue weighted by Gasteiger charge is -2.29. The number of hydrogen-bond acceptors (Lipinski definition) is 4. The first-order valence-corrected chi connectivity index (χ1v) is 7.42. The van der Waals surface area contributed by atoms with E-state index in [4.69, 9.17) is 4.74 Å². The summed E-state index contributed by atoms with van der Waals surface area (Å²) in [7, 11) is 0. The lowest BCUT2D eigenvalue weighted by molar-refractivity contribution is 0.301. The number of nitrogens with one attached hydrogen (secondary N) is 1. The van der Waals surface area contributed by atoms with Crippen molar-refractivity contribution in [1.82, 2.24) is 10.3 Å². The first-order chi connectivity index (χ1) is 10.3. The van der Waals surface area contributed by atoms with Crippen LogP contribution in [0.15, 0.2) is 42.5 Å². The van der Waals surface area contributed by atoms with E-state index in [0.717, 1.165) is 43.3 Å². The molecular formula is C17H21N3O. The summed E-state index contributed by atoms with van der Waals surface area (Å²) in [5, 5.41) is 3.37. The highest BCUT2D eigenvalue weighted by Gasteiger charge is 2.10. The molecule has 4 heteroatoms. The van der Waals surface area contributed by atoms with Gasteiger partial charge in [0.05, 0.1) is 5.69 Å². The van der Waals surface area contributed by atoms with Crippen LogP contribution in [-0.2, 0) is 6.61 Å². The molecule has 0 aliphatic carbocycles. The fourth-order valence-electron chi connectivity index (χ4n) is 2.51. The first-order valence-electron chi connectivity index (χ1n) is 7.42. The number of aryl methyl sites for hydroxylation is 1. The number of benzene rings is 1. The first kappa shape index (κ1) is 13.9. The fourth-order valence-corrected chi connectivity index (χ4v) is 2.51. The summed E-state index contributed by atoms with van der Waals surface area (Å²) in [5.41, 5.74) is 3.24. The maximum Gasteiger partial charge on any atom is 0.130 e. The summed E-state index contributed by atoms with van der Waals surface area (Å²) in [4.78, 5) is 6.83. The third kappa shape index (κ3) is 3.73. The van der Waals surface area contributed by atoms with E-state index in [-0.39, 0.29) is 0 Å². The Balaban J connectivity index is 1.59. The zero-order valence-corrected chi connectivity index (χ0v) is 12.4. The second kappa shape index (κ2) is 6.59. The van der Waals surface area contributed by atoms with Crippen molar-refractivity contribution in [1.29, 1.82) is 0 Å². The van der Waals surface area contributed by atoms with Gasteiger partial charge < -0.3 is 15.0 Å². The Bertz CT molecular complexity index is 577. The molecule has 1 saturated heterocycles. The third-order valence-corrected chi connectivity index (χ3v) is 3.65. The third-order valence-electron chi connectivity index (χ3n) is 3.65. The molecule has 1 aromatic carbocycles. The van der Waals surface area contributed by atoms with Crippen LogP contribution in [0.25, 0.3) is 0 Å². The average molecular weight is 283 g/mol. The Morgan fingerprint density at radius 2 is 1.86 bits per heavy atom. The summed E-state index contributed by atoms with van der Waals surface area (Å²) < 4.78 is 5.80. The molecule has 0 bridgehead atoms. The van der Waals surface area contributed by atoms with Crippen LogP contribution in [0.2, 0.25) is 0 Å². The summed E-state index contributed by atoms with van der Waals surface area (Å²) in [6, 6.07) is 14.3. The second-order valence-corrected chi connectivity index (χ2v) is 5.29. The molecule has 0 unspecified atom stereocenters. The largest absolute Gasteiger partial charge is 0.487 e. The second-order valence-electron chi connectivity index (χ2n) is 5.29. The van der Waals surface area contributed by atoms with E-state index < -0.39 is 0 Å². The predicted molar refractivity (Wildman–Crippen MR) is 84.8 cm³/mol. The van der Waals surface area contributed by atoms with Crippen LogP contribution in [0.4, 0.5) is 5.69 Å². The maximum atomic E-state index is 5.80. The van der Waals surface area contributed by atoms with Gasteiger partial charge >= 0.3 is 0 Å². The minimum Gasteiger partial charge on any atom is -0.487 e. The van der Waals surface area contributed by atoms with E-state index in [1.54, 1.807) is 0 Å². The number of hydrogen-bond donors (Lipinski definition) is 1. The molecule has 4 nitrogen and oxygen atoms in total. The van der Waals surface area contributed by atoms with E-state index in [1.165, 1.54) is 5.69 Å². The topological polar surface area (TPSA) is 37.4 Å². The number of pyridine rings is 1. The molecule has 21 heavy (non-hydrogen) atoms. The molecular weight excluding hydrogens is 262 g/mol. The van der Waals surface area contributed by atoms with Crippen LogP contribution < -0.4 is 15.0 Å². The Labute approximate surface area is 125 Å². The molecule has 1 N–H and O–H groups in total. The SMILES string of the molecule is Cc1cccc(COc2ccc(N3CCNCC3)cc2)n1. The molecule has 0 amide bonds. The van der Waals surface area contributed by atoms with Crippen molar-refractivity contribution in [3.8, 4) is 5.75 Å². The Kier molecular flexibility index (Phi) is 4.36. The van der Waals surface area contributed by atoms with Crippen molar-refractivity contribution in [2.45, 2.75) is 13.5 Å². The zero-order chi connectivity index (χ0) is 14.5.